The monoisotopic (exact) mass is 508 g/mol. The van der Waals surface area contributed by atoms with Crippen molar-refractivity contribution in [1.82, 2.24) is 20.9 Å². The van der Waals surface area contributed by atoms with E-state index in [4.69, 9.17) is 21.7 Å². The van der Waals surface area contributed by atoms with Crippen LogP contribution in [0.4, 0.5) is 0 Å². The second-order valence-corrected chi connectivity index (χ2v) is 8.09. The lowest BCUT2D eigenvalue weighted by molar-refractivity contribution is -0.143. The maximum atomic E-state index is 12.7. The Morgan fingerprint density at radius 3 is 2.17 bits per heavy atom. The molecule has 0 aliphatic rings. The minimum absolute atomic E-state index is 0.170. The number of aromatic nitrogens is 1. The fourth-order valence-electron chi connectivity index (χ4n) is 3.24. The average Bonchev–Trinajstić information content (AvgIpc) is 3.22. The van der Waals surface area contributed by atoms with Crippen molar-refractivity contribution in [3.05, 3.63) is 36.0 Å². The summed E-state index contributed by atoms with van der Waals surface area (Å²) in [6.45, 7) is -0.915. The number of fused-ring (bicyclic) bond motifs is 1. The van der Waals surface area contributed by atoms with E-state index in [1.165, 1.54) is 0 Å². The van der Waals surface area contributed by atoms with Crippen molar-refractivity contribution in [3.63, 3.8) is 0 Å². The molecule has 1 aromatic carbocycles. The molecule has 4 atom stereocenters. The Hall–Kier alpha value is -3.62. The van der Waals surface area contributed by atoms with E-state index in [2.05, 4.69) is 28.2 Å². The van der Waals surface area contributed by atoms with Crippen molar-refractivity contribution in [2.45, 2.75) is 37.0 Å². The highest BCUT2D eigenvalue weighted by Crippen LogP contribution is 2.18. The molecular formula is C21H28N6O7S. The van der Waals surface area contributed by atoms with Gasteiger partial charge in [0.05, 0.1) is 19.1 Å². The highest BCUT2D eigenvalue weighted by atomic mass is 32.1. The normalized spacial score (nSPS) is 14.4. The summed E-state index contributed by atoms with van der Waals surface area (Å²) in [5.74, 6) is -5.21. The number of primary amides is 1. The van der Waals surface area contributed by atoms with Crippen molar-refractivity contribution >= 4 is 53.1 Å². The number of nitrogens with two attached hydrogens (primary N) is 2. The van der Waals surface area contributed by atoms with Gasteiger partial charge in [-0.15, -0.1) is 0 Å². The number of para-hydroxylation sites is 1. The molecular weight excluding hydrogens is 480 g/mol. The summed E-state index contributed by atoms with van der Waals surface area (Å²) < 4.78 is 0. The SMILES string of the molecule is NC(=O)CC(NC(=O)C(CS)NC(=O)C(N)Cc1c[nH]c2ccccc12)C(=O)NC(CO)C(=O)O. The first-order valence-electron chi connectivity index (χ1n) is 10.5. The first-order chi connectivity index (χ1) is 16.6. The van der Waals surface area contributed by atoms with Gasteiger partial charge in [0.25, 0.3) is 0 Å². The number of H-pyrrole nitrogens is 1. The predicted octanol–water partition coefficient (Wildman–Crippen LogP) is -2.63. The Balaban J connectivity index is 2.04. The number of aliphatic hydroxyl groups is 1. The molecule has 0 fully saturated rings. The highest BCUT2D eigenvalue weighted by molar-refractivity contribution is 7.80. The van der Waals surface area contributed by atoms with Gasteiger partial charge >= 0.3 is 5.97 Å². The third-order valence-electron chi connectivity index (χ3n) is 5.10. The van der Waals surface area contributed by atoms with Gasteiger partial charge in [0.15, 0.2) is 0 Å². The standard InChI is InChI=1S/C21H28N6O7S/c22-12(5-10-7-24-13-4-2-1-3-11(10)13)18(30)27-16(9-35)20(32)25-14(6-17(23)29)19(31)26-15(8-28)21(33)34/h1-4,7,12,14-16,24,28,35H,5-6,8-9,22H2,(H2,23,29)(H,25,32)(H,26,31)(H,27,30)(H,33,34). The van der Waals surface area contributed by atoms with Crippen molar-refractivity contribution in [2.75, 3.05) is 12.4 Å². The van der Waals surface area contributed by atoms with Crippen LogP contribution in [-0.2, 0) is 30.4 Å². The van der Waals surface area contributed by atoms with Crippen molar-refractivity contribution < 1.29 is 34.2 Å². The van der Waals surface area contributed by atoms with Gasteiger partial charge in [0, 0.05) is 22.9 Å². The quantitative estimate of drug-likeness (QED) is 0.130. The number of carboxylic acids is 1. The van der Waals surface area contributed by atoms with Crippen LogP contribution in [-0.4, -0.2) is 81.3 Å². The molecule has 4 unspecified atom stereocenters. The molecule has 0 spiro atoms. The molecule has 10 N–H and O–H groups in total. The number of amides is 4. The van der Waals surface area contributed by atoms with E-state index in [-0.39, 0.29) is 12.2 Å². The second-order valence-electron chi connectivity index (χ2n) is 7.73. The summed E-state index contributed by atoms with van der Waals surface area (Å²) in [5, 5.41) is 25.6. The molecule has 0 aliphatic heterocycles. The summed E-state index contributed by atoms with van der Waals surface area (Å²) in [7, 11) is 0. The molecule has 1 aromatic heterocycles. The molecule has 0 radical (unpaired) electrons. The lowest BCUT2D eigenvalue weighted by Gasteiger charge is -2.23. The Labute approximate surface area is 205 Å². The molecule has 2 rings (SSSR count). The van der Waals surface area contributed by atoms with E-state index in [1.807, 2.05) is 29.6 Å². The molecule has 0 aliphatic carbocycles. The summed E-state index contributed by atoms with van der Waals surface area (Å²) in [6.07, 6.45) is 1.27. The molecule has 0 saturated carbocycles. The summed E-state index contributed by atoms with van der Waals surface area (Å²) in [6, 6.07) is 2.04. The van der Waals surface area contributed by atoms with Crippen LogP contribution in [0.3, 0.4) is 0 Å². The Kier molecular flexibility index (Phi) is 10.1. The maximum absolute atomic E-state index is 12.7. The first kappa shape index (κ1) is 27.6. The lowest BCUT2D eigenvalue weighted by atomic mass is 10.0. The summed E-state index contributed by atoms with van der Waals surface area (Å²) >= 11 is 4.05. The number of carboxylic acid groups (broad SMARTS) is 1. The zero-order valence-corrected chi connectivity index (χ0v) is 19.5. The van der Waals surface area contributed by atoms with Crippen LogP contribution in [0.5, 0.6) is 0 Å². The van der Waals surface area contributed by atoms with Gasteiger partial charge in [-0.2, -0.15) is 12.6 Å². The number of thiol groups is 1. The Morgan fingerprint density at radius 1 is 0.971 bits per heavy atom. The summed E-state index contributed by atoms with van der Waals surface area (Å²) in [5.41, 5.74) is 12.8. The Bertz CT molecular complexity index is 1090. The van der Waals surface area contributed by atoms with Crippen molar-refractivity contribution in [3.8, 4) is 0 Å². The smallest absolute Gasteiger partial charge is 0.328 e. The zero-order valence-electron chi connectivity index (χ0n) is 18.6. The fourth-order valence-corrected chi connectivity index (χ4v) is 3.50. The number of carbonyl (C=O) groups excluding carboxylic acids is 4. The average molecular weight is 509 g/mol. The number of aliphatic carboxylic acids is 1. The third kappa shape index (κ3) is 7.70. The molecule has 1 heterocycles. The molecule has 190 valence electrons. The Morgan fingerprint density at radius 2 is 1.57 bits per heavy atom. The lowest BCUT2D eigenvalue weighted by Crippen LogP contribution is -2.58. The molecule has 13 nitrogen and oxygen atoms in total. The number of carbonyl (C=O) groups is 5. The van der Waals surface area contributed by atoms with Crippen LogP contribution >= 0.6 is 12.6 Å². The van der Waals surface area contributed by atoms with E-state index in [9.17, 15) is 24.0 Å². The van der Waals surface area contributed by atoms with Gasteiger partial charge in [-0.05, 0) is 18.1 Å². The zero-order chi connectivity index (χ0) is 26.1. The van der Waals surface area contributed by atoms with E-state index < -0.39 is 66.8 Å². The molecule has 0 saturated heterocycles. The number of aromatic amines is 1. The van der Waals surface area contributed by atoms with E-state index in [1.54, 1.807) is 6.20 Å². The van der Waals surface area contributed by atoms with Gasteiger partial charge in [-0.1, -0.05) is 18.2 Å². The van der Waals surface area contributed by atoms with Crippen LogP contribution in [0.2, 0.25) is 0 Å². The van der Waals surface area contributed by atoms with Gasteiger partial charge in [0.1, 0.15) is 18.1 Å². The molecule has 14 heteroatoms. The molecule has 35 heavy (non-hydrogen) atoms. The predicted molar refractivity (Wildman–Crippen MR) is 128 cm³/mol. The minimum atomic E-state index is -1.65. The van der Waals surface area contributed by atoms with Crippen molar-refractivity contribution in [2.24, 2.45) is 11.5 Å². The van der Waals surface area contributed by atoms with Gasteiger partial charge in [-0.3, -0.25) is 19.2 Å². The van der Waals surface area contributed by atoms with Crippen LogP contribution < -0.4 is 27.4 Å². The molecule has 0 bridgehead atoms. The van der Waals surface area contributed by atoms with Gasteiger partial charge in [0.2, 0.25) is 23.6 Å². The van der Waals surface area contributed by atoms with Gasteiger partial charge < -0.3 is 42.6 Å². The van der Waals surface area contributed by atoms with Crippen LogP contribution in [0.15, 0.2) is 30.5 Å². The van der Waals surface area contributed by atoms with Crippen molar-refractivity contribution in [1.29, 1.82) is 0 Å². The maximum Gasteiger partial charge on any atom is 0.328 e. The first-order valence-corrected chi connectivity index (χ1v) is 11.1. The third-order valence-corrected chi connectivity index (χ3v) is 5.47. The van der Waals surface area contributed by atoms with Crippen LogP contribution in [0, 0.1) is 0 Å². The number of rotatable bonds is 13. The molecule has 4 amide bonds. The number of nitrogens with one attached hydrogen (secondary N) is 4. The largest absolute Gasteiger partial charge is 0.480 e. The van der Waals surface area contributed by atoms with Gasteiger partial charge in [-0.25, -0.2) is 4.79 Å². The molecule has 2 aromatic rings. The van der Waals surface area contributed by atoms with E-state index in [0.29, 0.717) is 0 Å². The second kappa shape index (κ2) is 12.7. The number of benzene rings is 1. The highest BCUT2D eigenvalue weighted by Gasteiger charge is 2.30. The number of hydrogen-bond acceptors (Lipinski definition) is 8. The summed E-state index contributed by atoms with van der Waals surface area (Å²) in [4.78, 5) is 63.2. The van der Waals surface area contributed by atoms with Crippen LogP contribution in [0.25, 0.3) is 10.9 Å². The van der Waals surface area contributed by atoms with E-state index >= 15 is 0 Å². The fraction of sp³-hybridized carbons (Fsp3) is 0.381. The minimum Gasteiger partial charge on any atom is -0.480 e. The number of hydrogen-bond donors (Lipinski definition) is 9. The number of aliphatic hydroxyl groups excluding tert-OH is 1. The van der Waals surface area contributed by atoms with Crippen LogP contribution in [0.1, 0.15) is 12.0 Å². The van der Waals surface area contributed by atoms with E-state index in [0.717, 1.165) is 16.5 Å². The topological polar surface area (TPSA) is 230 Å².